The molecule has 0 radical (unpaired) electrons. The topological polar surface area (TPSA) is 38.1 Å². The van der Waals surface area contributed by atoms with E-state index in [2.05, 4.69) is 11.3 Å². The van der Waals surface area contributed by atoms with Gasteiger partial charge in [0.05, 0.1) is 11.9 Å². The van der Waals surface area contributed by atoms with Gasteiger partial charge >= 0.3 is 0 Å². The first kappa shape index (κ1) is 16.9. The Hall–Kier alpha value is -2.59. The van der Waals surface area contributed by atoms with Gasteiger partial charge in [0, 0.05) is 29.9 Å². The summed E-state index contributed by atoms with van der Waals surface area (Å²) >= 11 is 6.00. The number of amides is 1. The van der Waals surface area contributed by atoms with E-state index in [1.54, 1.807) is 12.1 Å². The van der Waals surface area contributed by atoms with E-state index in [1.165, 1.54) is 5.56 Å². The minimum Gasteiger partial charge on any atom is -0.339 e. The summed E-state index contributed by atoms with van der Waals surface area (Å²) in [5.41, 5.74) is 2.96. The fourth-order valence-corrected chi connectivity index (χ4v) is 3.68. The number of benzene rings is 2. The van der Waals surface area contributed by atoms with Crippen LogP contribution in [0.25, 0.3) is 5.69 Å². The molecule has 1 amide bonds. The Bertz CT molecular complexity index is 898. The molecule has 1 fully saturated rings. The first-order chi connectivity index (χ1) is 12.7. The van der Waals surface area contributed by atoms with Crippen LogP contribution in [0.3, 0.4) is 0 Å². The Morgan fingerprint density at radius 2 is 1.81 bits per heavy atom. The second-order valence-electron chi connectivity index (χ2n) is 6.63. The van der Waals surface area contributed by atoms with Crippen LogP contribution < -0.4 is 0 Å². The largest absolute Gasteiger partial charge is 0.339 e. The van der Waals surface area contributed by atoms with E-state index < -0.39 is 0 Å². The van der Waals surface area contributed by atoms with Gasteiger partial charge in [-0.05, 0) is 54.7 Å². The summed E-state index contributed by atoms with van der Waals surface area (Å²) in [7, 11) is 0. The number of carbonyl (C=O) groups excluding carboxylic acids is 1. The van der Waals surface area contributed by atoms with Crippen LogP contribution in [0.4, 0.5) is 0 Å². The number of aromatic nitrogens is 2. The summed E-state index contributed by atoms with van der Waals surface area (Å²) in [5, 5.41) is 5.09. The SMILES string of the molecule is O=C(c1cccc(Cl)c1)N1CCC(c2cnn(-c3ccccc3)c2)CC1. The van der Waals surface area contributed by atoms with Crippen LogP contribution in [-0.2, 0) is 0 Å². The summed E-state index contributed by atoms with van der Waals surface area (Å²) in [6, 6.07) is 17.3. The van der Waals surface area contributed by atoms with E-state index >= 15 is 0 Å². The summed E-state index contributed by atoms with van der Waals surface area (Å²) in [6.45, 7) is 1.51. The quantitative estimate of drug-likeness (QED) is 0.683. The second kappa shape index (κ2) is 7.34. The molecular weight excluding hydrogens is 346 g/mol. The average molecular weight is 366 g/mol. The van der Waals surface area contributed by atoms with E-state index in [0.29, 0.717) is 16.5 Å². The predicted molar refractivity (Wildman–Crippen MR) is 103 cm³/mol. The van der Waals surface area contributed by atoms with Gasteiger partial charge in [-0.2, -0.15) is 5.10 Å². The van der Waals surface area contributed by atoms with E-state index in [9.17, 15) is 4.79 Å². The summed E-state index contributed by atoms with van der Waals surface area (Å²) in [6.07, 6.45) is 5.96. The molecule has 4 rings (SSSR count). The van der Waals surface area contributed by atoms with Crippen molar-refractivity contribution >= 4 is 17.5 Å². The molecule has 0 saturated carbocycles. The predicted octanol–water partition coefficient (Wildman–Crippen LogP) is 4.55. The lowest BCUT2D eigenvalue weighted by molar-refractivity contribution is 0.0713. The highest BCUT2D eigenvalue weighted by Gasteiger charge is 2.25. The number of nitrogens with zero attached hydrogens (tertiary/aromatic N) is 3. The second-order valence-corrected chi connectivity index (χ2v) is 7.07. The van der Waals surface area contributed by atoms with Gasteiger partial charge in [0.1, 0.15) is 0 Å². The van der Waals surface area contributed by atoms with Crippen LogP contribution in [0, 0.1) is 0 Å². The van der Waals surface area contributed by atoms with Gasteiger partial charge in [-0.1, -0.05) is 35.9 Å². The molecule has 1 aromatic heterocycles. The van der Waals surface area contributed by atoms with Crippen molar-refractivity contribution in [2.24, 2.45) is 0 Å². The monoisotopic (exact) mass is 365 g/mol. The molecule has 0 aliphatic carbocycles. The number of likely N-dealkylation sites (tertiary alicyclic amines) is 1. The minimum absolute atomic E-state index is 0.0610. The molecular formula is C21H20ClN3O. The van der Waals surface area contributed by atoms with Gasteiger partial charge < -0.3 is 4.90 Å². The number of para-hydroxylation sites is 1. The third-order valence-electron chi connectivity index (χ3n) is 4.95. The number of hydrogen-bond donors (Lipinski definition) is 0. The molecule has 0 bridgehead atoms. The molecule has 1 saturated heterocycles. The van der Waals surface area contributed by atoms with Gasteiger partial charge in [0.25, 0.3) is 5.91 Å². The van der Waals surface area contributed by atoms with Crippen molar-refractivity contribution in [3.8, 4) is 5.69 Å². The maximum atomic E-state index is 12.6. The van der Waals surface area contributed by atoms with Crippen LogP contribution in [0.2, 0.25) is 5.02 Å². The normalized spacial score (nSPS) is 15.2. The molecule has 1 aliphatic rings. The zero-order chi connectivity index (χ0) is 17.9. The zero-order valence-electron chi connectivity index (χ0n) is 14.4. The fourth-order valence-electron chi connectivity index (χ4n) is 3.49. The molecule has 2 heterocycles. The highest BCUT2D eigenvalue weighted by atomic mass is 35.5. The maximum Gasteiger partial charge on any atom is 0.253 e. The Labute approximate surface area is 158 Å². The summed E-state index contributed by atoms with van der Waals surface area (Å²) < 4.78 is 1.92. The molecule has 132 valence electrons. The van der Waals surface area contributed by atoms with Crippen LogP contribution in [-0.4, -0.2) is 33.7 Å². The fraction of sp³-hybridized carbons (Fsp3) is 0.238. The van der Waals surface area contributed by atoms with Gasteiger partial charge in [-0.3, -0.25) is 4.79 Å². The molecule has 2 aromatic carbocycles. The summed E-state index contributed by atoms with van der Waals surface area (Å²) in [5.74, 6) is 0.502. The highest BCUT2D eigenvalue weighted by molar-refractivity contribution is 6.30. The van der Waals surface area contributed by atoms with Crippen molar-refractivity contribution in [3.63, 3.8) is 0 Å². The Morgan fingerprint density at radius 3 is 2.54 bits per heavy atom. The average Bonchev–Trinajstić information content (AvgIpc) is 3.18. The molecule has 4 nitrogen and oxygen atoms in total. The van der Waals surface area contributed by atoms with Crippen molar-refractivity contribution in [1.82, 2.24) is 14.7 Å². The Morgan fingerprint density at radius 1 is 1.04 bits per heavy atom. The standard InChI is InChI=1S/C21H20ClN3O/c22-19-6-4-5-17(13-19)21(26)24-11-9-16(10-12-24)18-14-23-25(15-18)20-7-2-1-3-8-20/h1-8,13-16H,9-12H2. The zero-order valence-corrected chi connectivity index (χ0v) is 15.1. The molecule has 1 aliphatic heterocycles. The molecule has 5 heteroatoms. The third kappa shape index (κ3) is 3.51. The molecule has 0 spiro atoms. The number of carbonyl (C=O) groups is 1. The van der Waals surface area contributed by atoms with Crippen molar-refractivity contribution in [2.45, 2.75) is 18.8 Å². The maximum absolute atomic E-state index is 12.6. The molecule has 3 aromatic rings. The molecule has 0 unspecified atom stereocenters. The first-order valence-corrected chi connectivity index (χ1v) is 9.23. The van der Waals surface area contributed by atoms with Crippen LogP contribution >= 0.6 is 11.6 Å². The highest BCUT2D eigenvalue weighted by Crippen LogP contribution is 2.29. The lowest BCUT2D eigenvalue weighted by Gasteiger charge is -2.31. The number of halogens is 1. The van der Waals surface area contributed by atoms with E-state index in [1.807, 2.05) is 58.2 Å². The number of piperidine rings is 1. The van der Waals surface area contributed by atoms with Crippen LogP contribution in [0.1, 0.15) is 34.7 Å². The van der Waals surface area contributed by atoms with Crippen LogP contribution in [0.5, 0.6) is 0 Å². The molecule has 26 heavy (non-hydrogen) atoms. The summed E-state index contributed by atoms with van der Waals surface area (Å²) in [4.78, 5) is 14.6. The number of rotatable bonds is 3. The van der Waals surface area contributed by atoms with Gasteiger partial charge in [0.15, 0.2) is 0 Å². The molecule has 0 N–H and O–H groups in total. The smallest absolute Gasteiger partial charge is 0.253 e. The van der Waals surface area contributed by atoms with Gasteiger partial charge in [0.2, 0.25) is 0 Å². The van der Waals surface area contributed by atoms with Gasteiger partial charge in [-0.15, -0.1) is 0 Å². The van der Waals surface area contributed by atoms with Crippen molar-refractivity contribution in [2.75, 3.05) is 13.1 Å². The third-order valence-corrected chi connectivity index (χ3v) is 5.18. The van der Waals surface area contributed by atoms with E-state index in [4.69, 9.17) is 11.6 Å². The number of hydrogen-bond acceptors (Lipinski definition) is 2. The lowest BCUT2D eigenvalue weighted by atomic mass is 9.91. The van der Waals surface area contributed by atoms with Crippen molar-refractivity contribution in [1.29, 1.82) is 0 Å². The van der Waals surface area contributed by atoms with Gasteiger partial charge in [-0.25, -0.2) is 4.68 Å². The van der Waals surface area contributed by atoms with E-state index in [0.717, 1.165) is 31.6 Å². The first-order valence-electron chi connectivity index (χ1n) is 8.85. The lowest BCUT2D eigenvalue weighted by Crippen LogP contribution is -2.37. The minimum atomic E-state index is 0.0610. The van der Waals surface area contributed by atoms with Crippen molar-refractivity contribution in [3.05, 3.63) is 83.1 Å². The van der Waals surface area contributed by atoms with E-state index in [-0.39, 0.29) is 5.91 Å². The Kier molecular flexibility index (Phi) is 4.76. The Balaban J connectivity index is 1.41. The molecule has 0 atom stereocenters. The van der Waals surface area contributed by atoms with Crippen molar-refractivity contribution < 1.29 is 4.79 Å². The van der Waals surface area contributed by atoms with Crippen LogP contribution in [0.15, 0.2) is 67.0 Å².